The van der Waals surface area contributed by atoms with E-state index in [4.69, 9.17) is 16.3 Å². The first-order chi connectivity index (χ1) is 13.5. The molecular formula is C20H22ClN5O2. The second-order valence-electron chi connectivity index (χ2n) is 6.37. The quantitative estimate of drug-likeness (QED) is 0.659. The van der Waals surface area contributed by atoms with E-state index in [2.05, 4.69) is 20.6 Å². The molecule has 3 aromatic rings. The third-order valence-electron chi connectivity index (χ3n) is 4.36. The van der Waals surface area contributed by atoms with E-state index in [0.29, 0.717) is 35.1 Å². The lowest BCUT2D eigenvalue weighted by Crippen LogP contribution is -2.34. The van der Waals surface area contributed by atoms with Gasteiger partial charge >= 0.3 is 0 Å². The van der Waals surface area contributed by atoms with Crippen molar-refractivity contribution in [1.29, 1.82) is 0 Å². The van der Waals surface area contributed by atoms with Gasteiger partial charge in [0, 0.05) is 17.1 Å². The normalized spacial score (nSPS) is 11.9. The van der Waals surface area contributed by atoms with Crippen molar-refractivity contribution in [3.8, 4) is 11.7 Å². The van der Waals surface area contributed by atoms with Gasteiger partial charge in [-0.05, 0) is 37.5 Å². The fourth-order valence-corrected chi connectivity index (χ4v) is 3.20. The van der Waals surface area contributed by atoms with Crippen LogP contribution in [0.5, 0.6) is 5.88 Å². The number of nitrogens with zero attached hydrogens (tertiary/aromatic N) is 4. The van der Waals surface area contributed by atoms with Gasteiger partial charge in [-0.2, -0.15) is 5.10 Å². The molecule has 1 unspecified atom stereocenters. The SMILES string of the molecule is CCc1c(C(=O)NC(C)Cc2ccccc2Cl)cnn1-c1ccc(OC)nn1. The molecule has 0 saturated carbocycles. The topological polar surface area (TPSA) is 81.9 Å². The Labute approximate surface area is 168 Å². The fraction of sp³-hybridized carbons (Fsp3) is 0.300. The van der Waals surface area contributed by atoms with Crippen molar-refractivity contribution in [1.82, 2.24) is 25.3 Å². The van der Waals surface area contributed by atoms with E-state index in [1.54, 1.807) is 23.0 Å². The van der Waals surface area contributed by atoms with Crippen molar-refractivity contribution < 1.29 is 9.53 Å². The van der Waals surface area contributed by atoms with Crippen molar-refractivity contribution in [2.45, 2.75) is 32.7 Å². The molecule has 1 atom stereocenters. The Balaban J connectivity index is 1.76. The second-order valence-corrected chi connectivity index (χ2v) is 6.78. The molecule has 0 saturated heterocycles. The first-order valence-corrected chi connectivity index (χ1v) is 9.40. The van der Waals surface area contributed by atoms with Crippen molar-refractivity contribution in [2.24, 2.45) is 0 Å². The minimum Gasteiger partial charge on any atom is -0.480 e. The highest BCUT2D eigenvalue weighted by atomic mass is 35.5. The molecule has 0 bridgehead atoms. The smallest absolute Gasteiger partial charge is 0.254 e. The van der Waals surface area contributed by atoms with Crippen LogP contribution in [0.25, 0.3) is 5.82 Å². The van der Waals surface area contributed by atoms with E-state index in [9.17, 15) is 4.79 Å². The summed E-state index contributed by atoms with van der Waals surface area (Å²) >= 11 is 6.21. The van der Waals surface area contributed by atoms with E-state index in [-0.39, 0.29) is 11.9 Å². The maximum atomic E-state index is 12.8. The number of hydrogen-bond donors (Lipinski definition) is 1. The highest BCUT2D eigenvalue weighted by Crippen LogP contribution is 2.18. The van der Waals surface area contributed by atoms with E-state index < -0.39 is 0 Å². The Kier molecular flexibility index (Phi) is 6.26. The number of aromatic nitrogens is 4. The van der Waals surface area contributed by atoms with Gasteiger partial charge in [0.05, 0.1) is 24.6 Å². The van der Waals surface area contributed by atoms with Gasteiger partial charge < -0.3 is 10.1 Å². The Hall–Kier alpha value is -2.93. The second kappa shape index (κ2) is 8.84. The summed E-state index contributed by atoms with van der Waals surface area (Å²) in [5, 5.41) is 16.1. The minimum atomic E-state index is -0.177. The van der Waals surface area contributed by atoms with Gasteiger partial charge in [-0.25, -0.2) is 4.68 Å². The molecule has 0 fully saturated rings. The number of hydrogen-bond acceptors (Lipinski definition) is 5. The number of benzene rings is 1. The van der Waals surface area contributed by atoms with Gasteiger partial charge in [-0.1, -0.05) is 36.7 Å². The van der Waals surface area contributed by atoms with Crippen LogP contribution < -0.4 is 10.1 Å². The van der Waals surface area contributed by atoms with Crippen LogP contribution >= 0.6 is 11.6 Å². The number of carbonyl (C=O) groups excluding carboxylic acids is 1. The molecule has 0 aliphatic heterocycles. The summed E-state index contributed by atoms with van der Waals surface area (Å²) in [6, 6.07) is 11.0. The number of amides is 1. The molecule has 1 N–H and O–H groups in total. The maximum Gasteiger partial charge on any atom is 0.254 e. The zero-order valence-electron chi connectivity index (χ0n) is 16.0. The molecule has 8 heteroatoms. The van der Waals surface area contributed by atoms with E-state index in [1.165, 1.54) is 7.11 Å². The van der Waals surface area contributed by atoms with Gasteiger partial charge in [0.15, 0.2) is 5.82 Å². The molecule has 0 aliphatic rings. The molecule has 7 nitrogen and oxygen atoms in total. The third-order valence-corrected chi connectivity index (χ3v) is 4.73. The Morgan fingerprint density at radius 2 is 2.04 bits per heavy atom. The molecule has 1 aromatic carbocycles. The van der Waals surface area contributed by atoms with Gasteiger partial charge in [-0.15, -0.1) is 10.2 Å². The molecule has 0 aliphatic carbocycles. The van der Waals surface area contributed by atoms with Gasteiger partial charge in [-0.3, -0.25) is 4.79 Å². The van der Waals surface area contributed by atoms with E-state index >= 15 is 0 Å². The van der Waals surface area contributed by atoms with Gasteiger partial charge in [0.1, 0.15) is 0 Å². The summed E-state index contributed by atoms with van der Waals surface area (Å²) in [4.78, 5) is 12.8. The number of carbonyl (C=O) groups is 1. The summed E-state index contributed by atoms with van der Waals surface area (Å²) < 4.78 is 6.65. The lowest BCUT2D eigenvalue weighted by Gasteiger charge is -2.15. The van der Waals surface area contributed by atoms with Crippen molar-refractivity contribution in [2.75, 3.05) is 7.11 Å². The van der Waals surface area contributed by atoms with Crippen LogP contribution in [-0.4, -0.2) is 39.0 Å². The largest absolute Gasteiger partial charge is 0.480 e. The van der Waals surface area contributed by atoms with Crippen molar-refractivity contribution >= 4 is 17.5 Å². The molecule has 28 heavy (non-hydrogen) atoms. The van der Waals surface area contributed by atoms with Crippen molar-refractivity contribution in [3.05, 3.63) is 64.4 Å². The molecule has 2 aromatic heterocycles. The predicted octanol–water partition coefficient (Wildman–Crippen LogP) is 3.25. The Morgan fingerprint density at radius 1 is 1.25 bits per heavy atom. The predicted molar refractivity (Wildman–Crippen MR) is 107 cm³/mol. The average Bonchev–Trinajstić information content (AvgIpc) is 3.14. The molecule has 3 rings (SSSR count). The summed E-state index contributed by atoms with van der Waals surface area (Å²) in [5.74, 6) is 0.769. The highest BCUT2D eigenvalue weighted by Gasteiger charge is 2.20. The molecule has 0 spiro atoms. The van der Waals surface area contributed by atoms with Crippen LogP contribution in [0.1, 0.15) is 35.5 Å². The fourth-order valence-electron chi connectivity index (χ4n) is 2.98. The Bertz CT molecular complexity index is 955. The standard InChI is InChI=1S/C20H22ClN5O2/c1-4-17-15(12-22-26(17)18-9-10-19(28-3)25-24-18)20(27)23-13(2)11-14-7-5-6-8-16(14)21/h5-10,12-13H,4,11H2,1-3H3,(H,23,27). The number of ether oxygens (including phenoxy) is 1. The van der Waals surface area contributed by atoms with Crippen LogP contribution in [0.4, 0.5) is 0 Å². The number of methoxy groups -OCH3 is 1. The number of rotatable bonds is 7. The third kappa shape index (κ3) is 4.31. The van der Waals surface area contributed by atoms with Gasteiger partial charge in [0.25, 0.3) is 5.91 Å². The average molecular weight is 400 g/mol. The number of halogens is 1. The van der Waals surface area contributed by atoms with Crippen LogP contribution in [0, 0.1) is 0 Å². The summed E-state index contributed by atoms with van der Waals surface area (Å²) in [5.41, 5.74) is 2.28. The van der Waals surface area contributed by atoms with Crippen molar-refractivity contribution in [3.63, 3.8) is 0 Å². The van der Waals surface area contributed by atoms with Crippen LogP contribution in [-0.2, 0) is 12.8 Å². The molecule has 1 amide bonds. The first-order valence-electron chi connectivity index (χ1n) is 9.02. The number of nitrogens with one attached hydrogen (secondary N) is 1. The lowest BCUT2D eigenvalue weighted by molar-refractivity contribution is 0.0939. The van der Waals surface area contributed by atoms with Crippen LogP contribution in [0.2, 0.25) is 5.02 Å². The summed E-state index contributed by atoms with van der Waals surface area (Å²) in [6.45, 7) is 3.92. The van der Waals surface area contributed by atoms with E-state index in [1.807, 2.05) is 38.1 Å². The Morgan fingerprint density at radius 3 is 2.68 bits per heavy atom. The van der Waals surface area contributed by atoms with Gasteiger partial charge in [0.2, 0.25) is 5.88 Å². The van der Waals surface area contributed by atoms with E-state index in [0.717, 1.165) is 11.3 Å². The molecule has 146 valence electrons. The van der Waals surface area contributed by atoms with Crippen LogP contribution in [0.3, 0.4) is 0 Å². The lowest BCUT2D eigenvalue weighted by atomic mass is 10.1. The molecule has 0 radical (unpaired) electrons. The molecular weight excluding hydrogens is 378 g/mol. The first kappa shape index (κ1) is 19.8. The van der Waals surface area contributed by atoms with Crippen LogP contribution in [0.15, 0.2) is 42.6 Å². The maximum absolute atomic E-state index is 12.8. The zero-order chi connectivity index (χ0) is 20.1. The summed E-state index contributed by atoms with van der Waals surface area (Å²) in [7, 11) is 1.53. The zero-order valence-corrected chi connectivity index (χ0v) is 16.8. The highest BCUT2D eigenvalue weighted by molar-refractivity contribution is 6.31. The minimum absolute atomic E-state index is 0.0822. The monoisotopic (exact) mass is 399 g/mol. The molecule has 2 heterocycles. The summed E-state index contributed by atoms with van der Waals surface area (Å²) in [6.07, 6.45) is 2.82.